The molecule has 2 aromatic carbocycles. The minimum absolute atomic E-state index is 0.330. The number of nitrogens with zero attached hydrogens (tertiary/aromatic N) is 4. The fourth-order valence-corrected chi connectivity index (χ4v) is 4.02. The molecule has 0 saturated carbocycles. The molecule has 0 N–H and O–H groups in total. The lowest BCUT2D eigenvalue weighted by Gasteiger charge is -2.20. The van der Waals surface area contributed by atoms with E-state index in [1.54, 1.807) is 0 Å². The Kier molecular flexibility index (Phi) is 3.79. The Morgan fingerprint density at radius 2 is 1.57 bits per heavy atom. The minimum Gasteiger partial charge on any atom is -0.372 e. The molecule has 0 bridgehead atoms. The highest BCUT2D eigenvalue weighted by Gasteiger charge is 2.20. The summed E-state index contributed by atoms with van der Waals surface area (Å²) in [6.07, 6.45) is 2.45. The standard InChI is InChI=1S/C22H20N4O2/c1-24-21(27)18-14-15-6-2-3-7-19(15)26(20(18)23-22(24)28)17-10-8-16(9-11-17)25-12-4-5-13-25/h2-3,6-11,14H,4-5,12-13H2,1H3. The number of benzene rings is 2. The lowest BCUT2D eigenvalue weighted by Crippen LogP contribution is -2.35. The van der Waals surface area contributed by atoms with Crippen molar-refractivity contribution in [3.8, 4) is 17.1 Å². The summed E-state index contributed by atoms with van der Waals surface area (Å²) in [7, 11) is 1.46. The molecule has 1 fully saturated rings. The Labute approximate surface area is 161 Å². The highest BCUT2D eigenvalue weighted by Crippen LogP contribution is 2.29. The van der Waals surface area contributed by atoms with Crippen LogP contribution in [0, 0.1) is 0 Å². The van der Waals surface area contributed by atoms with Crippen LogP contribution in [0.3, 0.4) is 0 Å². The predicted octanol–water partition coefficient (Wildman–Crippen LogP) is 2.79. The lowest BCUT2D eigenvalue weighted by atomic mass is 10.1. The van der Waals surface area contributed by atoms with E-state index in [0.717, 1.165) is 34.2 Å². The number of rotatable bonds is 2. The molecule has 0 spiro atoms. The normalized spacial score (nSPS) is 14.2. The summed E-state index contributed by atoms with van der Waals surface area (Å²) >= 11 is 0. The van der Waals surface area contributed by atoms with Crippen LogP contribution >= 0.6 is 0 Å². The SMILES string of the molecule is Cn1c(=O)nc2n(-c3ccc(N4CCCC4)cc3)c3ccccc3cc-2c1=O. The molecule has 0 aromatic heterocycles. The first-order chi connectivity index (χ1) is 13.6. The number of anilines is 1. The van der Waals surface area contributed by atoms with Gasteiger partial charge in [0, 0.05) is 31.5 Å². The minimum atomic E-state index is -0.546. The van der Waals surface area contributed by atoms with Crippen LogP contribution in [0.1, 0.15) is 12.8 Å². The second-order valence-corrected chi connectivity index (χ2v) is 7.24. The van der Waals surface area contributed by atoms with Gasteiger partial charge in [-0.1, -0.05) is 18.2 Å². The maximum Gasteiger partial charge on any atom is 0.352 e. The third-order valence-electron chi connectivity index (χ3n) is 5.53. The molecule has 3 aliphatic heterocycles. The van der Waals surface area contributed by atoms with Gasteiger partial charge in [0.2, 0.25) is 0 Å². The van der Waals surface area contributed by atoms with Crippen LogP contribution in [0.4, 0.5) is 5.69 Å². The molecule has 6 nitrogen and oxygen atoms in total. The van der Waals surface area contributed by atoms with Gasteiger partial charge in [-0.25, -0.2) is 4.79 Å². The zero-order valence-electron chi connectivity index (χ0n) is 15.6. The van der Waals surface area contributed by atoms with Crippen LogP contribution in [0.5, 0.6) is 0 Å². The van der Waals surface area contributed by atoms with Gasteiger partial charge in [-0.05, 0) is 54.6 Å². The number of aromatic nitrogens is 3. The van der Waals surface area contributed by atoms with E-state index >= 15 is 0 Å². The molecular formula is C22H20N4O2. The maximum atomic E-state index is 12.7. The fourth-order valence-electron chi connectivity index (χ4n) is 4.02. The number of fused-ring (bicyclic) bond motifs is 2. The molecule has 0 aliphatic carbocycles. The van der Waals surface area contributed by atoms with Gasteiger partial charge in [0.25, 0.3) is 5.56 Å². The van der Waals surface area contributed by atoms with Gasteiger partial charge in [-0.3, -0.25) is 13.9 Å². The van der Waals surface area contributed by atoms with Crippen molar-refractivity contribution in [3.63, 3.8) is 0 Å². The predicted molar refractivity (Wildman–Crippen MR) is 111 cm³/mol. The van der Waals surface area contributed by atoms with Crippen molar-refractivity contribution >= 4 is 16.6 Å². The molecule has 1 saturated heterocycles. The molecule has 0 radical (unpaired) electrons. The van der Waals surface area contributed by atoms with Crippen LogP contribution in [0.2, 0.25) is 0 Å². The Morgan fingerprint density at radius 1 is 0.893 bits per heavy atom. The molecular weight excluding hydrogens is 352 g/mol. The van der Waals surface area contributed by atoms with Crippen LogP contribution in [0.25, 0.3) is 28.0 Å². The van der Waals surface area contributed by atoms with Crippen molar-refractivity contribution in [3.05, 3.63) is 75.4 Å². The topological polar surface area (TPSA) is 60.1 Å². The monoisotopic (exact) mass is 372 g/mol. The van der Waals surface area contributed by atoms with E-state index in [1.165, 1.54) is 25.6 Å². The summed E-state index contributed by atoms with van der Waals surface area (Å²) < 4.78 is 2.96. The average molecular weight is 372 g/mol. The molecule has 3 aliphatic rings. The van der Waals surface area contributed by atoms with Crippen molar-refractivity contribution in [2.24, 2.45) is 7.05 Å². The Morgan fingerprint density at radius 3 is 2.32 bits per heavy atom. The Balaban J connectivity index is 1.79. The summed E-state index contributed by atoms with van der Waals surface area (Å²) in [4.78, 5) is 31.5. The third-order valence-corrected chi connectivity index (χ3v) is 5.53. The largest absolute Gasteiger partial charge is 0.372 e. The number of hydrogen-bond donors (Lipinski definition) is 0. The van der Waals surface area contributed by atoms with Crippen LogP contribution < -0.4 is 16.1 Å². The van der Waals surface area contributed by atoms with Gasteiger partial charge >= 0.3 is 5.69 Å². The molecule has 5 rings (SSSR count). The molecule has 0 unspecified atom stereocenters. The fraction of sp³-hybridized carbons (Fsp3) is 0.227. The number of pyridine rings is 1. The van der Waals surface area contributed by atoms with Crippen LogP contribution in [-0.2, 0) is 7.05 Å². The summed E-state index contributed by atoms with van der Waals surface area (Å²) in [5.74, 6) is 0.390. The van der Waals surface area contributed by atoms with Gasteiger partial charge in [0.1, 0.15) is 0 Å². The summed E-state index contributed by atoms with van der Waals surface area (Å²) in [5.41, 5.74) is 2.54. The molecule has 3 heterocycles. The Hall–Kier alpha value is -3.41. The van der Waals surface area contributed by atoms with Gasteiger partial charge in [0.15, 0.2) is 5.82 Å². The molecule has 0 atom stereocenters. The van der Waals surface area contributed by atoms with E-state index in [4.69, 9.17) is 0 Å². The second-order valence-electron chi connectivity index (χ2n) is 7.24. The molecule has 28 heavy (non-hydrogen) atoms. The smallest absolute Gasteiger partial charge is 0.352 e. The van der Waals surface area contributed by atoms with Crippen molar-refractivity contribution < 1.29 is 0 Å². The first-order valence-electron chi connectivity index (χ1n) is 9.50. The molecule has 0 amide bonds. The van der Waals surface area contributed by atoms with E-state index < -0.39 is 5.69 Å². The van der Waals surface area contributed by atoms with E-state index in [1.807, 2.05) is 47.0 Å². The van der Waals surface area contributed by atoms with Crippen molar-refractivity contribution in [1.29, 1.82) is 0 Å². The van der Waals surface area contributed by atoms with Gasteiger partial charge in [-0.15, -0.1) is 0 Å². The van der Waals surface area contributed by atoms with Gasteiger partial charge in [-0.2, -0.15) is 4.98 Å². The number of hydrogen-bond acceptors (Lipinski definition) is 4. The van der Waals surface area contributed by atoms with Gasteiger partial charge < -0.3 is 4.90 Å². The van der Waals surface area contributed by atoms with Crippen molar-refractivity contribution in [2.45, 2.75) is 12.8 Å². The van der Waals surface area contributed by atoms with Gasteiger partial charge in [0.05, 0.1) is 11.1 Å². The third kappa shape index (κ3) is 2.52. The van der Waals surface area contributed by atoms with Crippen LogP contribution in [0.15, 0.2) is 64.2 Å². The number of para-hydroxylation sites is 1. The Bertz CT molecular complexity index is 1260. The van der Waals surface area contributed by atoms with E-state index in [-0.39, 0.29) is 5.56 Å². The van der Waals surface area contributed by atoms with E-state index in [0.29, 0.717) is 11.4 Å². The zero-order chi connectivity index (χ0) is 19.3. The maximum absolute atomic E-state index is 12.7. The van der Waals surface area contributed by atoms with Crippen LogP contribution in [-0.4, -0.2) is 27.2 Å². The van der Waals surface area contributed by atoms with E-state index in [2.05, 4.69) is 22.0 Å². The molecule has 6 heteroatoms. The molecule has 2 aromatic rings. The average Bonchev–Trinajstić information content (AvgIpc) is 3.26. The highest BCUT2D eigenvalue weighted by atomic mass is 16.2. The summed E-state index contributed by atoms with van der Waals surface area (Å²) in [6, 6.07) is 17.9. The summed E-state index contributed by atoms with van der Waals surface area (Å²) in [6.45, 7) is 2.17. The first kappa shape index (κ1) is 16.7. The second kappa shape index (κ2) is 6.34. The highest BCUT2D eigenvalue weighted by molar-refractivity contribution is 5.87. The quantitative estimate of drug-likeness (QED) is 0.508. The van der Waals surface area contributed by atoms with Crippen molar-refractivity contribution in [1.82, 2.24) is 14.1 Å². The lowest BCUT2D eigenvalue weighted by molar-refractivity contribution is 0.766. The first-order valence-corrected chi connectivity index (χ1v) is 9.50. The van der Waals surface area contributed by atoms with Crippen molar-refractivity contribution in [2.75, 3.05) is 18.0 Å². The summed E-state index contributed by atoms with van der Waals surface area (Å²) in [5, 5.41) is 0.927. The molecule has 140 valence electrons. The zero-order valence-corrected chi connectivity index (χ0v) is 15.6. The van der Waals surface area contributed by atoms with E-state index in [9.17, 15) is 9.59 Å².